The van der Waals surface area contributed by atoms with E-state index in [1.807, 2.05) is 6.92 Å². The number of aliphatic hydroxyl groups is 1. The van der Waals surface area contributed by atoms with Gasteiger partial charge in [0.15, 0.2) is 0 Å². The lowest BCUT2D eigenvalue weighted by molar-refractivity contribution is -0.120. The maximum atomic E-state index is 11.5. The first-order chi connectivity index (χ1) is 8.63. The molecular formula is C12H18N2O3S. The van der Waals surface area contributed by atoms with Crippen molar-refractivity contribution in [1.29, 1.82) is 0 Å². The predicted molar refractivity (Wildman–Crippen MR) is 70.6 cm³/mol. The number of hydrogen-bond donors (Lipinski definition) is 3. The fraction of sp³-hybridized carbons (Fsp3) is 0.500. The number of rotatable bonds is 7. The second-order valence-corrected chi connectivity index (χ2v) is 4.81. The number of thiophene rings is 1. The van der Waals surface area contributed by atoms with E-state index in [1.54, 1.807) is 17.5 Å². The first kappa shape index (κ1) is 14.7. The highest BCUT2D eigenvalue weighted by molar-refractivity contribution is 7.12. The third-order valence-corrected chi connectivity index (χ3v) is 3.29. The minimum Gasteiger partial charge on any atom is -0.393 e. The smallest absolute Gasteiger partial charge is 0.261 e. The molecular weight excluding hydrogens is 252 g/mol. The van der Waals surface area contributed by atoms with Crippen LogP contribution >= 0.6 is 11.3 Å². The van der Waals surface area contributed by atoms with E-state index >= 15 is 0 Å². The second kappa shape index (κ2) is 7.84. The number of carbonyl (C=O) groups is 2. The molecule has 6 heteroatoms. The van der Waals surface area contributed by atoms with Crippen LogP contribution in [-0.2, 0) is 4.79 Å². The summed E-state index contributed by atoms with van der Waals surface area (Å²) >= 11 is 1.33. The van der Waals surface area contributed by atoms with E-state index < -0.39 is 0 Å². The Bertz CT molecular complexity index is 379. The molecule has 0 aliphatic carbocycles. The normalized spacial score (nSPS) is 11.9. The maximum absolute atomic E-state index is 11.5. The molecule has 1 unspecified atom stereocenters. The van der Waals surface area contributed by atoms with Crippen LogP contribution in [0.5, 0.6) is 0 Å². The summed E-state index contributed by atoms with van der Waals surface area (Å²) in [6, 6.07) is 3.49. The fourth-order valence-electron chi connectivity index (χ4n) is 1.30. The molecule has 100 valence electrons. The summed E-state index contributed by atoms with van der Waals surface area (Å²) in [6.45, 7) is 2.26. The monoisotopic (exact) mass is 270 g/mol. The van der Waals surface area contributed by atoms with Crippen LogP contribution in [0.2, 0.25) is 0 Å². The molecule has 2 amide bonds. The van der Waals surface area contributed by atoms with Gasteiger partial charge >= 0.3 is 0 Å². The lowest BCUT2D eigenvalue weighted by Crippen LogP contribution is -2.37. The van der Waals surface area contributed by atoms with Crippen molar-refractivity contribution < 1.29 is 14.7 Å². The van der Waals surface area contributed by atoms with E-state index in [0.717, 1.165) is 0 Å². The highest BCUT2D eigenvalue weighted by Gasteiger charge is 2.08. The topological polar surface area (TPSA) is 78.4 Å². The number of nitrogens with one attached hydrogen (secondary N) is 2. The van der Waals surface area contributed by atoms with Crippen molar-refractivity contribution in [1.82, 2.24) is 10.6 Å². The van der Waals surface area contributed by atoms with Gasteiger partial charge < -0.3 is 15.7 Å². The Morgan fingerprint density at radius 2 is 2.22 bits per heavy atom. The number of aliphatic hydroxyl groups excluding tert-OH is 1. The average molecular weight is 270 g/mol. The molecule has 1 aromatic heterocycles. The van der Waals surface area contributed by atoms with E-state index in [9.17, 15) is 14.7 Å². The lowest BCUT2D eigenvalue weighted by Gasteiger charge is -2.09. The van der Waals surface area contributed by atoms with E-state index in [4.69, 9.17) is 0 Å². The molecule has 5 nitrogen and oxygen atoms in total. The molecule has 1 atom stereocenters. The van der Waals surface area contributed by atoms with Crippen LogP contribution in [0.3, 0.4) is 0 Å². The molecule has 1 aromatic rings. The average Bonchev–Trinajstić information content (AvgIpc) is 2.89. The van der Waals surface area contributed by atoms with Crippen LogP contribution in [0.15, 0.2) is 17.5 Å². The van der Waals surface area contributed by atoms with Crippen molar-refractivity contribution in [3.63, 3.8) is 0 Å². The van der Waals surface area contributed by atoms with Crippen molar-refractivity contribution in [2.75, 3.05) is 13.1 Å². The first-order valence-electron chi connectivity index (χ1n) is 5.90. The Kier molecular flexibility index (Phi) is 6.38. The zero-order valence-corrected chi connectivity index (χ0v) is 11.1. The van der Waals surface area contributed by atoms with Crippen molar-refractivity contribution in [2.24, 2.45) is 0 Å². The molecule has 0 fully saturated rings. The SMILES string of the molecule is CCC(O)CCNC(=O)CNC(=O)c1cccs1. The van der Waals surface area contributed by atoms with E-state index in [-0.39, 0.29) is 24.5 Å². The summed E-state index contributed by atoms with van der Waals surface area (Å²) in [4.78, 5) is 23.5. The maximum Gasteiger partial charge on any atom is 0.261 e. The van der Waals surface area contributed by atoms with Crippen molar-refractivity contribution in [2.45, 2.75) is 25.9 Å². The molecule has 1 heterocycles. The zero-order chi connectivity index (χ0) is 13.4. The highest BCUT2D eigenvalue weighted by Crippen LogP contribution is 2.07. The van der Waals surface area contributed by atoms with Gasteiger partial charge in [0.1, 0.15) is 0 Å². The molecule has 0 saturated heterocycles. The quantitative estimate of drug-likeness (QED) is 0.684. The minimum atomic E-state index is -0.383. The highest BCUT2D eigenvalue weighted by atomic mass is 32.1. The summed E-state index contributed by atoms with van der Waals surface area (Å²) in [5.41, 5.74) is 0. The van der Waals surface area contributed by atoms with Crippen LogP contribution in [0.25, 0.3) is 0 Å². The molecule has 0 aliphatic rings. The molecule has 0 spiro atoms. The summed E-state index contributed by atoms with van der Waals surface area (Å²) in [7, 11) is 0. The summed E-state index contributed by atoms with van der Waals surface area (Å²) in [5, 5.41) is 16.3. The van der Waals surface area contributed by atoms with Crippen LogP contribution < -0.4 is 10.6 Å². The van der Waals surface area contributed by atoms with Crippen LogP contribution in [0.1, 0.15) is 29.4 Å². The zero-order valence-electron chi connectivity index (χ0n) is 10.3. The number of carbonyl (C=O) groups excluding carboxylic acids is 2. The second-order valence-electron chi connectivity index (χ2n) is 3.86. The van der Waals surface area contributed by atoms with E-state index in [2.05, 4.69) is 10.6 Å². The number of amides is 2. The summed E-state index contributed by atoms with van der Waals surface area (Å²) < 4.78 is 0. The number of hydrogen-bond acceptors (Lipinski definition) is 4. The standard InChI is InChI=1S/C12H18N2O3S/c1-2-9(15)5-6-13-11(16)8-14-12(17)10-4-3-7-18-10/h3-4,7,9,15H,2,5-6,8H2,1H3,(H,13,16)(H,14,17). The largest absolute Gasteiger partial charge is 0.393 e. The molecule has 1 rings (SSSR count). The van der Waals surface area contributed by atoms with Crippen molar-refractivity contribution in [3.05, 3.63) is 22.4 Å². The van der Waals surface area contributed by atoms with Crippen molar-refractivity contribution in [3.8, 4) is 0 Å². The molecule has 0 bridgehead atoms. The molecule has 0 aromatic carbocycles. The van der Waals surface area contributed by atoms with Crippen LogP contribution in [-0.4, -0.2) is 36.1 Å². The van der Waals surface area contributed by atoms with Gasteiger partial charge in [0, 0.05) is 6.54 Å². The Morgan fingerprint density at radius 3 is 2.83 bits per heavy atom. The molecule has 3 N–H and O–H groups in total. The Balaban J connectivity index is 2.15. The summed E-state index contributed by atoms with van der Waals surface area (Å²) in [5.74, 6) is -0.489. The third kappa shape index (κ3) is 5.29. The van der Waals surface area contributed by atoms with Gasteiger partial charge in [-0.05, 0) is 24.3 Å². The van der Waals surface area contributed by atoms with Gasteiger partial charge in [0.2, 0.25) is 5.91 Å². The summed E-state index contributed by atoms with van der Waals surface area (Å²) in [6.07, 6.45) is 0.817. The van der Waals surface area contributed by atoms with E-state index in [0.29, 0.717) is 24.3 Å². The van der Waals surface area contributed by atoms with Gasteiger partial charge in [-0.1, -0.05) is 13.0 Å². The van der Waals surface area contributed by atoms with Gasteiger partial charge in [-0.2, -0.15) is 0 Å². The Hall–Kier alpha value is -1.40. The van der Waals surface area contributed by atoms with E-state index in [1.165, 1.54) is 11.3 Å². The predicted octanol–water partition coefficient (Wildman–Crippen LogP) is 0.755. The first-order valence-corrected chi connectivity index (χ1v) is 6.78. The van der Waals surface area contributed by atoms with Crippen LogP contribution in [0, 0.1) is 0 Å². The fourth-order valence-corrected chi connectivity index (χ4v) is 1.94. The van der Waals surface area contributed by atoms with Gasteiger partial charge in [-0.25, -0.2) is 0 Å². The Morgan fingerprint density at radius 1 is 1.44 bits per heavy atom. The lowest BCUT2D eigenvalue weighted by atomic mass is 10.2. The molecule has 0 radical (unpaired) electrons. The Labute approximate surface area is 110 Å². The van der Waals surface area contributed by atoms with Crippen molar-refractivity contribution >= 4 is 23.2 Å². The van der Waals surface area contributed by atoms with Crippen LogP contribution in [0.4, 0.5) is 0 Å². The molecule has 18 heavy (non-hydrogen) atoms. The van der Waals surface area contributed by atoms with Gasteiger partial charge in [-0.3, -0.25) is 9.59 Å². The molecule has 0 saturated carbocycles. The minimum absolute atomic E-state index is 0.0427. The third-order valence-electron chi connectivity index (χ3n) is 2.43. The van der Waals surface area contributed by atoms with Gasteiger partial charge in [0.25, 0.3) is 5.91 Å². The van der Waals surface area contributed by atoms with Gasteiger partial charge in [-0.15, -0.1) is 11.3 Å². The van der Waals surface area contributed by atoms with Gasteiger partial charge in [0.05, 0.1) is 17.5 Å². The molecule has 0 aliphatic heterocycles.